The third-order valence-corrected chi connectivity index (χ3v) is 5.07. The zero-order valence-corrected chi connectivity index (χ0v) is 13.8. The van der Waals surface area contributed by atoms with E-state index in [1.54, 1.807) is 0 Å². The summed E-state index contributed by atoms with van der Waals surface area (Å²) in [6.45, 7) is 0.233. The number of carbonyl (C=O) groups excluding carboxylic acids is 1. The standard InChI is InChI=1S/C19H12N2O3S/c22-18(13-7-3-5-11-4-1-2-6-12(11)13)21-19-20-14-8-15-16(24-10-23-15)9-17(14)25-19/h1-9H,10H2,(H,20,21,22). The molecule has 0 unspecified atom stereocenters. The summed E-state index contributed by atoms with van der Waals surface area (Å²) in [6, 6.07) is 17.2. The van der Waals surface area contributed by atoms with Crippen LogP contribution in [0.5, 0.6) is 11.5 Å². The molecule has 1 aliphatic heterocycles. The van der Waals surface area contributed by atoms with Crippen molar-refractivity contribution in [1.82, 2.24) is 4.98 Å². The van der Waals surface area contributed by atoms with Gasteiger partial charge in [-0.05, 0) is 16.8 Å². The molecule has 1 amide bonds. The van der Waals surface area contributed by atoms with Crippen LogP contribution in [0.15, 0.2) is 54.6 Å². The molecule has 6 heteroatoms. The van der Waals surface area contributed by atoms with Crippen molar-refractivity contribution >= 4 is 43.4 Å². The maximum atomic E-state index is 12.7. The number of hydrogen-bond acceptors (Lipinski definition) is 5. The van der Waals surface area contributed by atoms with E-state index >= 15 is 0 Å². The first-order chi connectivity index (χ1) is 12.3. The Balaban J connectivity index is 1.50. The Labute approximate surface area is 146 Å². The highest BCUT2D eigenvalue weighted by molar-refractivity contribution is 7.22. The third-order valence-electron chi connectivity index (χ3n) is 4.14. The predicted octanol–water partition coefficient (Wildman–Crippen LogP) is 4.43. The Morgan fingerprint density at radius 2 is 1.84 bits per heavy atom. The number of benzene rings is 3. The number of nitrogens with one attached hydrogen (secondary N) is 1. The topological polar surface area (TPSA) is 60.5 Å². The molecule has 0 radical (unpaired) electrons. The molecule has 5 nitrogen and oxygen atoms in total. The molecule has 1 N–H and O–H groups in total. The van der Waals surface area contributed by atoms with E-state index in [9.17, 15) is 4.79 Å². The Kier molecular flexibility index (Phi) is 3.11. The Bertz CT molecular complexity index is 1090. The third kappa shape index (κ3) is 2.38. The molecule has 4 aromatic rings. The molecule has 3 aromatic carbocycles. The minimum atomic E-state index is -0.170. The smallest absolute Gasteiger partial charge is 0.258 e. The van der Waals surface area contributed by atoms with Crippen LogP contribution in [0.25, 0.3) is 21.0 Å². The number of carbonyl (C=O) groups is 1. The molecule has 0 spiro atoms. The molecule has 0 saturated heterocycles. The second-order valence-electron chi connectivity index (χ2n) is 5.67. The van der Waals surface area contributed by atoms with Crippen molar-refractivity contribution in [3.63, 3.8) is 0 Å². The van der Waals surface area contributed by atoms with Crippen molar-refractivity contribution in [3.8, 4) is 11.5 Å². The van der Waals surface area contributed by atoms with Gasteiger partial charge in [0.05, 0.1) is 10.2 Å². The summed E-state index contributed by atoms with van der Waals surface area (Å²) in [5.41, 5.74) is 1.41. The summed E-state index contributed by atoms with van der Waals surface area (Å²) < 4.78 is 11.7. The van der Waals surface area contributed by atoms with Gasteiger partial charge in [-0.25, -0.2) is 4.98 Å². The summed E-state index contributed by atoms with van der Waals surface area (Å²) in [5, 5.41) is 5.41. The number of thiazole rings is 1. The number of fused-ring (bicyclic) bond motifs is 3. The van der Waals surface area contributed by atoms with Crippen LogP contribution in [0.2, 0.25) is 0 Å². The maximum absolute atomic E-state index is 12.7. The molecule has 0 aliphatic carbocycles. The van der Waals surface area contributed by atoms with Crippen LogP contribution in [0.1, 0.15) is 10.4 Å². The average Bonchev–Trinajstić information content (AvgIpc) is 3.24. The van der Waals surface area contributed by atoms with Crippen molar-refractivity contribution in [2.75, 3.05) is 12.1 Å². The Morgan fingerprint density at radius 3 is 2.76 bits per heavy atom. The lowest BCUT2D eigenvalue weighted by atomic mass is 10.0. The lowest BCUT2D eigenvalue weighted by Crippen LogP contribution is -2.12. The number of rotatable bonds is 2. The monoisotopic (exact) mass is 348 g/mol. The number of ether oxygens (including phenoxy) is 2. The second kappa shape index (κ2) is 5.46. The fraction of sp³-hybridized carbons (Fsp3) is 0.0526. The fourth-order valence-electron chi connectivity index (χ4n) is 2.96. The Hall–Kier alpha value is -3.12. The van der Waals surface area contributed by atoms with Gasteiger partial charge >= 0.3 is 0 Å². The van der Waals surface area contributed by atoms with E-state index in [1.165, 1.54) is 11.3 Å². The van der Waals surface area contributed by atoms with Gasteiger partial charge in [-0.15, -0.1) is 0 Å². The maximum Gasteiger partial charge on any atom is 0.258 e. The first kappa shape index (κ1) is 14.2. The highest BCUT2D eigenvalue weighted by atomic mass is 32.1. The lowest BCUT2D eigenvalue weighted by molar-refractivity contribution is 0.102. The van der Waals surface area contributed by atoms with E-state index in [4.69, 9.17) is 9.47 Å². The van der Waals surface area contributed by atoms with Crippen LogP contribution in [0, 0.1) is 0 Å². The molecule has 25 heavy (non-hydrogen) atoms. The van der Waals surface area contributed by atoms with Crippen LogP contribution >= 0.6 is 11.3 Å². The molecular formula is C19H12N2O3S. The van der Waals surface area contributed by atoms with Crippen LogP contribution in [0.3, 0.4) is 0 Å². The fourth-order valence-corrected chi connectivity index (χ4v) is 3.83. The van der Waals surface area contributed by atoms with Crippen molar-refractivity contribution in [3.05, 3.63) is 60.2 Å². The SMILES string of the molecule is O=C(Nc1nc2cc3c(cc2s1)OCO3)c1cccc2ccccc12. The number of anilines is 1. The number of aromatic nitrogens is 1. The molecule has 2 heterocycles. The van der Waals surface area contributed by atoms with Crippen LogP contribution < -0.4 is 14.8 Å². The normalized spacial score (nSPS) is 12.6. The van der Waals surface area contributed by atoms with E-state index < -0.39 is 0 Å². The van der Waals surface area contributed by atoms with Gasteiger partial charge in [0.25, 0.3) is 5.91 Å². The zero-order valence-electron chi connectivity index (χ0n) is 13.0. The summed E-state index contributed by atoms with van der Waals surface area (Å²) in [6.07, 6.45) is 0. The van der Waals surface area contributed by atoms with Gasteiger partial charge < -0.3 is 9.47 Å². The van der Waals surface area contributed by atoms with Gasteiger partial charge in [0.2, 0.25) is 6.79 Å². The molecule has 1 aliphatic rings. The van der Waals surface area contributed by atoms with E-state index in [0.717, 1.165) is 21.0 Å². The minimum absolute atomic E-state index is 0.170. The summed E-state index contributed by atoms with van der Waals surface area (Å²) in [7, 11) is 0. The van der Waals surface area contributed by atoms with Crippen LogP contribution in [-0.4, -0.2) is 17.7 Å². The van der Waals surface area contributed by atoms with E-state index in [1.807, 2.05) is 54.6 Å². The van der Waals surface area contributed by atoms with E-state index in [0.29, 0.717) is 22.2 Å². The molecule has 0 fully saturated rings. The molecule has 5 rings (SSSR count). The molecule has 122 valence electrons. The number of amides is 1. The molecule has 0 bridgehead atoms. The van der Waals surface area contributed by atoms with Gasteiger partial charge in [-0.1, -0.05) is 47.7 Å². The summed E-state index contributed by atoms with van der Waals surface area (Å²) in [5.74, 6) is 1.23. The van der Waals surface area contributed by atoms with Crippen molar-refractivity contribution in [2.45, 2.75) is 0 Å². The van der Waals surface area contributed by atoms with E-state index in [-0.39, 0.29) is 12.7 Å². The molecular weight excluding hydrogens is 336 g/mol. The van der Waals surface area contributed by atoms with E-state index in [2.05, 4.69) is 10.3 Å². The minimum Gasteiger partial charge on any atom is -0.454 e. The van der Waals surface area contributed by atoms with Gasteiger partial charge in [0.1, 0.15) is 0 Å². The quantitative estimate of drug-likeness (QED) is 0.582. The van der Waals surface area contributed by atoms with Crippen molar-refractivity contribution in [1.29, 1.82) is 0 Å². The highest BCUT2D eigenvalue weighted by Crippen LogP contribution is 2.39. The molecule has 0 atom stereocenters. The second-order valence-corrected chi connectivity index (χ2v) is 6.70. The summed E-state index contributed by atoms with van der Waals surface area (Å²) >= 11 is 1.41. The van der Waals surface area contributed by atoms with Crippen molar-refractivity contribution < 1.29 is 14.3 Å². The first-order valence-corrected chi connectivity index (χ1v) is 8.59. The molecule has 0 saturated carbocycles. The number of nitrogens with zero attached hydrogens (tertiary/aromatic N) is 1. The first-order valence-electron chi connectivity index (χ1n) is 7.77. The lowest BCUT2D eigenvalue weighted by Gasteiger charge is -2.05. The molecule has 1 aromatic heterocycles. The van der Waals surface area contributed by atoms with Gasteiger partial charge in [0, 0.05) is 17.7 Å². The highest BCUT2D eigenvalue weighted by Gasteiger charge is 2.18. The zero-order chi connectivity index (χ0) is 16.8. The summed E-state index contributed by atoms with van der Waals surface area (Å²) in [4.78, 5) is 17.2. The van der Waals surface area contributed by atoms with Crippen molar-refractivity contribution in [2.24, 2.45) is 0 Å². The number of hydrogen-bond donors (Lipinski definition) is 1. The predicted molar refractivity (Wildman–Crippen MR) is 97.6 cm³/mol. The van der Waals surface area contributed by atoms with Gasteiger partial charge in [-0.2, -0.15) is 0 Å². The average molecular weight is 348 g/mol. The van der Waals surface area contributed by atoms with Crippen LogP contribution in [0.4, 0.5) is 5.13 Å². The van der Waals surface area contributed by atoms with Gasteiger partial charge in [0.15, 0.2) is 16.6 Å². The van der Waals surface area contributed by atoms with Crippen LogP contribution in [-0.2, 0) is 0 Å². The van der Waals surface area contributed by atoms with Gasteiger partial charge in [-0.3, -0.25) is 10.1 Å². The largest absolute Gasteiger partial charge is 0.454 e. The Morgan fingerprint density at radius 1 is 1.04 bits per heavy atom.